The van der Waals surface area contributed by atoms with Gasteiger partial charge in [-0.25, -0.2) is 0 Å². The van der Waals surface area contributed by atoms with Crippen LogP contribution in [0.25, 0.3) is 0 Å². The first kappa shape index (κ1) is 12.2. The van der Waals surface area contributed by atoms with E-state index in [2.05, 4.69) is 5.32 Å². The molecule has 1 amide bonds. The van der Waals surface area contributed by atoms with Crippen LogP contribution in [0.3, 0.4) is 0 Å². The Morgan fingerprint density at radius 3 is 2.88 bits per heavy atom. The van der Waals surface area contributed by atoms with E-state index in [4.69, 9.17) is 17.3 Å². The summed E-state index contributed by atoms with van der Waals surface area (Å²) in [6.45, 7) is 0.269. The minimum absolute atomic E-state index is 0.269. The highest BCUT2D eigenvalue weighted by molar-refractivity contribution is 6.31. The molecule has 4 N–H and O–H groups in total. The van der Waals surface area contributed by atoms with E-state index in [1.54, 1.807) is 12.1 Å². The number of rotatable bonds is 4. The van der Waals surface area contributed by atoms with Crippen molar-refractivity contribution in [3.63, 3.8) is 0 Å². The molecule has 1 saturated carbocycles. The van der Waals surface area contributed by atoms with Gasteiger partial charge in [0.2, 0.25) is 0 Å². The van der Waals surface area contributed by atoms with Crippen molar-refractivity contribution in [1.82, 2.24) is 5.32 Å². The van der Waals surface area contributed by atoms with Gasteiger partial charge >= 0.3 is 0 Å². The molecule has 17 heavy (non-hydrogen) atoms. The fourth-order valence-corrected chi connectivity index (χ4v) is 1.86. The Balaban J connectivity index is 1.94. The number of nitrogens with two attached hydrogens (primary N) is 1. The van der Waals surface area contributed by atoms with Crippen molar-refractivity contribution in [2.75, 3.05) is 12.3 Å². The molecule has 0 aromatic heterocycles. The van der Waals surface area contributed by atoms with Gasteiger partial charge in [-0.2, -0.15) is 0 Å². The van der Waals surface area contributed by atoms with E-state index in [9.17, 15) is 9.90 Å². The quantitative estimate of drug-likeness (QED) is 0.712. The van der Waals surface area contributed by atoms with Crippen molar-refractivity contribution >= 4 is 23.2 Å². The van der Waals surface area contributed by atoms with E-state index >= 15 is 0 Å². The molecule has 4 nitrogen and oxygen atoms in total. The number of nitrogen functional groups attached to an aromatic ring is 1. The molecule has 0 radical (unpaired) electrons. The fraction of sp³-hybridized carbons (Fsp3) is 0.417. The standard InChI is InChI=1S/C12H15ClN2O2/c13-8-3-4-9(10(14)5-8)12(17)15-6-11(16)7-1-2-7/h3-5,7,11,16H,1-2,6,14H2,(H,15,17). The minimum atomic E-state index is -0.451. The van der Waals surface area contributed by atoms with Crippen LogP contribution in [-0.4, -0.2) is 23.7 Å². The van der Waals surface area contributed by atoms with Crippen molar-refractivity contribution in [2.45, 2.75) is 18.9 Å². The number of aliphatic hydroxyl groups excluding tert-OH is 1. The predicted octanol–water partition coefficient (Wildman–Crippen LogP) is 1.42. The number of anilines is 1. The molecule has 0 saturated heterocycles. The maximum Gasteiger partial charge on any atom is 0.253 e. The summed E-state index contributed by atoms with van der Waals surface area (Å²) in [5.74, 6) is 0.0664. The zero-order chi connectivity index (χ0) is 12.4. The lowest BCUT2D eigenvalue weighted by Gasteiger charge is -2.11. The van der Waals surface area contributed by atoms with Gasteiger partial charge in [0, 0.05) is 17.3 Å². The smallest absolute Gasteiger partial charge is 0.253 e. The zero-order valence-electron chi connectivity index (χ0n) is 9.32. The molecule has 0 heterocycles. The molecule has 1 aliphatic carbocycles. The first-order valence-corrected chi connectivity index (χ1v) is 5.97. The van der Waals surface area contributed by atoms with E-state index in [-0.39, 0.29) is 12.5 Å². The summed E-state index contributed by atoms with van der Waals surface area (Å²) in [6, 6.07) is 4.73. The normalized spacial score (nSPS) is 16.6. The van der Waals surface area contributed by atoms with Gasteiger partial charge in [-0.3, -0.25) is 4.79 Å². The molecule has 2 rings (SSSR count). The summed E-state index contributed by atoms with van der Waals surface area (Å²) >= 11 is 5.75. The first-order chi connectivity index (χ1) is 8.08. The summed E-state index contributed by atoms with van der Waals surface area (Å²) in [5, 5.41) is 12.8. The van der Waals surface area contributed by atoms with Gasteiger partial charge in [0.05, 0.1) is 11.7 Å². The van der Waals surface area contributed by atoms with Crippen LogP contribution in [0.2, 0.25) is 5.02 Å². The van der Waals surface area contributed by atoms with Gasteiger partial charge in [-0.15, -0.1) is 0 Å². The average Bonchev–Trinajstić information content (AvgIpc) is 3.09. The lowest BCUT2D eigenvalue weighted by Crippen LogP contribution is -2.33. The van der Waals surface area contributed by atoms with Crippen molar-refractivity contribution in [3.8, 4) is 0 Å². The fourth-order valence-electron chi connectivity index (χ4n) is 1.68. The summed E-state index contributed by atoms with van der Waals surface area (Å²) < 4.78 is 0. The first-order valence-electron chi connectivity index (χ1n) is 5.59. The number of hydrogen-bond acceptors (Lipinski definition) is 3. The molecule has 1 aliphatic rings. The van der Waals surface area contributed by atoms with Crippen LogP contribution in [0.15, 0.2) is 18.2 Å². The van der Waals surface area contributed by atoms with Crippen molar-refractivity contribution < 1.29 is 9.90 Å². The molecule has 1 fully saturated rings. The van der Waals surface area contributed by atoms with Gasteiger partial charge in [-0.05, 0) is 37.0 Å². The van der Waals surface area contributed by atoms with Crippen LogP contribution in [0, 0.1) is 5.92 Å². The largest absolute Gasteiger partial charge is 0.398 e. The number of halogens is 1. The summed E-state index contributed by atoms with van der Waals surface area (Å²) in [7, 11) is 0. The van der Waals surface area contributed by atoms with E-state index in [0.29, 0.717) is 22.2 Å². The Kier molecular flexibility index (Phi) is 3.54. The summed E-state index contributed by atoms with van der Waals surface area (Å²) in [5.41, 5.74) is 6.42. The second-order valence-corrected chi connectivity index (χ2v) is 4.78. The number of hydrogen-bond donors (Lipinski definition) is 3. The third-order valence-electron chi connectivity index (χ3n) is 2.90. The number of benzene rings is 1. The summed E-state index contributed by atoms with van der Waals surface area (Å²) in [6.07, 6.45) is 1.63. The molecule has 1 aromatic rings. The van der Waals surface area contributed by atoms with Crippen molar-refractivity contribution in [2.24, 2.45) is 5.92 Å². The predicted molar refractivity (Wildman–Crippen MR) is 66.9 cm³/mol. The maximum absolute atomic E-state index is 11.8. The Morgan fingerprint density at radius 1 is 1.59 bits per heavy atom. The second kappa shape index (κ2) is 4.94. The van der Waals surface area contributed by atoms with E-state index < -0.39 is 6.10 Å². The third kappa shape index (κ3) is 3.11. The monoisotopic (exact) mass is 254 g/mol. The highest BCUT2D eigenvalue weighted by atomic mass is 35.5. The Bertz CT molecular complexity index is 433. The lowest BCUT2D eigenvalue weighted by atomic mass is 10.1. The number of nitrogens with one attached hydrogen (secondary N) is 1. The molecule has 0 spiro atoms. The SMILES string of the molecule is Nc1cc(Cl)ccc1C(=O)NCC(O)C1CC1. The van der Waals surface area contributed by atoms with Crippen molar-refractivity contribution in [1.29, 1.82) is 0 Å². The van der Waals surface area contributed by atoms with Crippen LogP contribution < -0.4 is 11.1 Å². The van der Waals surface area contributed by atoms with Crippen LogP contribution in [-0.2, 0) is 0 Å². The number of aliphatic hydroxyl groups is 1. The van der Waals surface area contributed by atoms with Crippen LogP contribution in [0.4, 0.5) is 5.69 Å². The highest BCUT2D eigenvalue weighted by Gasteiger charge is 2.29. The Labute approximate surface area is 105 Å². The molecule has 5 heteroatoms. The number of carbonyl (C=O) groups excluding carboxylic acids is 1. The second-order valence-electron chi connectivity index (χ2n) is 4.35. The molecule has 1 unspecified atom stereocenters. The van der Waals surface area contributed by atoms with Crippen molar-refractivity contribution in [3.05, 3.63) is 28.8 Å². The molecule has 0 bridgehead atoms. The van der Waals surface area contributed by atoms with Gasteiger partial charge in [0.25, 0.3) is 5.91 Å². The molecule has 92 valence electrons. The van der Waals surface area contributed by atoms with E-state index in [1.165, 1.54) is 6.07 Å². The highest BCUT2D eigenvalue weighted by Crippen LogP contribution is 2.32. The summed E-state index contributed by atoms with van der Waals surface area (Å²) in [4.78, 5) is 11.8. The minimum Gasteiger partial charge on any atom is -0.398 e. The van der Waals surface area contributed by atoms with Gasteiger partial charge in [0.15, 0.2) is 0 Å². The molecular weight excluding hydrogens is 240 g/mol. The number of carbonyl (C=O) groups is 1. The maximum atomic E-state index is 11.8. The van der Waals surface area contributed by atoms with Crippen LogP contribution >= 0.6 is 11.6 Å². The van der Waals surface area contributed by atoms with Gasteiger partial charge in [0.1, 0.15) is 0 Å². The molecule has 1 atom stereocenters. The van der Waals surface area contributed by atoms with Crippen LogP contribution in [0.1, 0.15) is 23.2 Å². The molecule has 1 aromatic carbocycles. The zero-order valence-corrected chi connectivity index (χ0v) is 10.1. The molecular formula is C12H15ClN2O2. The van der Waals surface area contributed by atoms with E-state index in [1.807, 2.05) is 0 Å². The van der Waals surface area contributed by atoms with Gasteiger partial charge < -0.3 is 16.2 Å². The molecule has 0 aliphatic heterocycles. The topological polar surface area (TPSA) is 75.4 Å². The van der Waals surface area contributed by atoms with Crippen LogP contribution in [0.5, 0.6) is 0 Å². The average molecular weight is 255 g/mol. The number of amides is 1. The lowest BCUT2D eigenvalue weighted by molar-refractivity contribution is 0.0902. The Hall–Kier alpha value is -1.26. The third-order valence-corrected chi connectivity index (χ3v) is 3.13. The van der Waals surface area contributed by atoms with Gasteiger partial charge in [-0.1, -0.05) is 11.6 Å². The Morgan fingerprint density at radius 2 is 2.29 bits per heavy atom. The van der Waals surface area contributed by atoms with E-state index in [0.717, 1.165) is 12.8 Å².